The Hall–Kier alpha value is -2.48. The Morgan fingerprint density at radius 2 is 2.37 bits per heavy atom. The highest BCUT2D eigenvalue weighted by molar-refractivity contribution is 6.01. The van der Waals surface area contributed by atoms with Gasteiger partial charge in [0.1, 0.15) is 6.33 Å². The van der Waals surface area contributed by atoms with Crippen LogP contribution in [0.2, 0.25) is 0 Å². The molecule has 0 aliphatic carbocycles. The van der Waals surface area contributed by atoms with Crippen molar-refractivity contribution in [3.8, 4) is 0 Å². The predicted molar refractivity (Wildman–Crippen MR) is 66.9 cm³/mol. The molecule has 8 nitrogen and oxygen atoms in total. The molecule has 0 aliphatic rings. The molecule has 100 valence electrons. The van der Waals surface area contributed by atoms with E-state index in [1.807, 2.05) is 0 Å². The minimum atomic E-state index is -0.422. The molecular formula is C11H13N5O3. The van der Waals surface area contributed by atoms with Gasteiger partial charge in [0.05, 0.1) is 12.3 Å². The van der Waals surface area contributed by atoms with Crippen molar-refractivity contribution in [1.82, 2.24) is 19.7 Å². The Morgan fingerprint density at radius 1 is 1.53 bits per heavy atom. The van der Waals surface area contributed by atoms with Crippen LogP contribution in [0.5, 0.6) is 0 Å². The second-order valence-corrected chi connectivity index (χ2v) is 3.73. The van der Waals surface area contributed by atoms with Crippen LogP contribution in [-0.4, -0.2) is 39.4 Å². The summed E-state index contributed by atoms with van der Waals surface area (Å²) in [5, 5.41) is 8.66. The van der Waals surface area contributed by atoms with Crippen LogP contribution >= 0.6 is 0 Å². The zero-order valence-electron chi connectivity index (χ0n) is 10.3. The molecule has 0 spiro atoms. The van der Waals surface area contributed by atoms with Crippen LogP contribution in [0.4, 0.5) is 5.69 Å². The van der Waals surface area contributed by atoms with E-state index in [2.05, 4.69) is 20.5 Å². The van der Waals surface area contributed by atoms with E-state index in [1.165, 1.54) is 23.0 Å². The highest BCUT2D eigenvalue weighted by atomic mass is 16.5. The van der Waals surface area contributed by atoms with Crippen molar-refractivity contribution in [2.45, 2.75) is 6.54 Å². The molecule has 0 fully saturated rings. The Bertz CT molecular complexity index is 605. The van der Waals surface area contributed by atoms with Crippen LogP contribution in [-0.2, 0) is 11.3 Å². The molecule has 8 heteroatoms. The SMILES string of the molecule is COCCn1cc(NC(=O)c2ncn[nH]2)ccc1=O. The number of nitrogens with one attached hydrogen (secondary N) is 2. The molecule has 0 atom stereocenters. The van der Waals surface area contributed by atoms with Crippen molar-refractivity contribution < 1.29 is 9.53 Å². The highest BCUT2D eigenvalue weighted by Gasteiger charge is 2.09. The van der Waals surface area contributed by atoms with Gasteiger partial charge in [-0.2, -0.15) is 5.10 Å². The number of hydrogen-bond donors (Lipinski definition) is 2. The molecular weight excluding hydrogens is 250 g/mol. The summed E-state index contributed by atoms with van der Waals surface area (Å²) in [6, 6.07) is 2.91. The lowest BCUT2D eigenvalue weighted by Gasteiger charge is -2.08. The maximum Gasteiger partial charge on any atom is 0.293 e. The van der Waals surface area contributed by atoms with E-state index in [0.717, 1.165) is 0 Å². The predicted octanol–water partition coefficient (Wildman–Crippen LogP) is -0.135. The topological polar surface area (TPSA) is 102 Å². The third-order valence-electron chi connectivity index (χ3n) is 2.41. The zero-order valence-corrected chi connectivity index (χ0v) is 10.3. The highest BCUT2D eigenvalue weighted by Crippen LogP contribution is 2.04. The van der Waals surface area contributed by atoms with Crippen LogP contribution in [0.3, 0.4) is 0 Å². The second-order valence-electron chi connectivity index (χ2n) is 3.73. The molecule has 0 saturated heterocycles. The number of carbonyl (C=O) groups excluding carboxylic acids is 1. The average Bonchev–Trinajstić information content (AvgIpc) is 2.93. The number of ether oxygens (including phenoxy) is 1. The second kappa shape index (κ2) is 5.91. The van der Waals surface area contributed by atoms with Gasteiger partial charge in [-0.1, -0.05) is 0 Å². The summed E-state index contributed by atoms with van der Waals surface area (Å²) in [5.74, 6) is -0.316. The van der Waals surface area contributed by atoms with E-state index in [1.54, 1.807) is 13.3 Å². The molecule has 2 heterocycles. The van der Waals surface area contributed by atoms with Crippen molar-refractivity contribution in [3.63, 3.8) is 0 Å². The zero-order chi connectivity index (χ0) is 13.7. The smallest absolute Gasteiger partial charge is 0.293 e. The van der Waals surface area contributed by atoms with Gasteiger partial charge in [0.2, 0.25) is 5.82 Å². The third kappa shape index (κ3) is 3.26. The summed E-state index contributed by atoms with van der Waals surface area (Å²) < 4.78 is 6.37. The number of rotatable bonds is 5. The minimum absolute atomic E-state index is 0.106. The standard InChI is InChI=1S/C11H13N5O3/c1-19-5-4-16-6-8(2-3-9(16)17)14-11(18)10-12-7-13-15-10/h2-3,6-7H,4-5H2,1H3,(H,14,18)(H,12,13,15). The van der Waals surface area contributed by atoms with Gasteiger partial charge in [-0.15, -0.1) is 0 Å². The van der Waals surface area contributed by atoms with Crippen LogP contribution in [0.25, 0.3) is 0 Å². The number of H-pyrrole nitrogens is 1. The molecule has 0 saturated carbocycles. The number of nitrogens with zero attached hydrogens (tertiary/aromatic N) is 3. The lowest BCUT2D eigenvalue weighted by atomic mass is 10.4. The van der Waals surface area contributed by atoms with Gasteiger partial charge in [0.25, 0.3) is 11.5 Å². The number of aromatic nitrogens is 4. The van der Waals surface area contributed by atoms with Crippen molar-refractivity contribution in [3.05, 3.63) is 40.8 Å². The molecule has 19 heavy (non-hydrogen) atoms. The van der Waals surface area contributed by atoms with Gasteiger partial charge >= 0.3 is 0 Å². The molecule has 1 amide bonds. The van der Waals surface area contributed by atoms with Crippen LogP contribution in [0.15, 0.2) is 29.5 Å². The van der Waals surface area contributed by atoms with Crippen molar-refractivity contribution in [1.29, 1.82) is 0 Å². The minimum Gasteiger partial charge on any atom is -0.383 e. The molecule has 0 unspecified atom stereocenters. The summed E-state index contributed by atoms with van der Waals surface area (Å²) in [6.45, 7) is 0.834. The van der Waals surface area contributed by atoms with Crippen molar-refractivity contribution in [2.24, 2.45) is 0 Å². The summed E-state index contributed by atoms with van der Waals surface area (Å²) in [7, 11) is 1.56. The van der Waals surface area contributed by atoms with E-state index >= 15 is 0 Å². The Morgan fingerprint density at radius 3 is 3.05 bits per heavy atom. The number of methoxy groups -OCH3 is 1. The number of aromatic amines is 1. The maximum atomic E-state index is 11.7. The van der Waals surface area contributed by atoms with Gasteiger partial charge in [-0.05, 0) is 6.07 Å². The first-order chi connectivity index (χ1) is 9.20. The Balaban J connectivity index is 2.12. The summed E-state index contributed by atoms with van der Waals surface area (Å²) in [6.07, 6.45) is 2.80. The molecule has 2 N–H and O–H groups in total. The van der Waals surface area contributed by atoms with E-state index in [4.69, 9.17) is 4.74 Å². The fraction of sp³-hybridized carbons (Fsp3) is 0.273. The number of anilines is 1. The van der Waals surface area contributed by atoms with Gasteiger partial charge < -0.3 is 14.6 Å². The van der Waals surface area contributed by atoms with E-state index < -0.39 is 5.91 Å². The molecule has 2 rings (SSSR count). The molecule has 2 aromatic heterocycles. The number of carbonyl (C=O) groups is 1. The summed E-state index contributed by atoms with van der Waals surface area (Å²) in [5.41, 5.74) is 0.340. The van der Waals surface area contributed by atoms with Crippen molar-refractivity contribution >= 4 is 11.6 Å². The van der Waals surface area contributed by atoms with Gasteiger partial charge in [0, 0.05) is 25.9 Å². The average molecular weight is 263 g/mol. The first-order valence-corrected chi connectivity index (χ1v) is 5.57. The van der Waals surface area contributed by atoms with Gasteiger partial charge in [-0.3, -0.25) is 14.7 Å². The van der Waals surface area contributed by atoms with Crippen LogP contribution < -0.4 is 10.9 Å². The van der Waals surface area contributed by atoms with E-state index in [0.29, 0.717) is 18.8 Å². The summed E-state index contributed by atoms with van der Waals surface area (Å²) >= 11 is 0. The monoisotopic (exact) mass is 263 g/mol. The lowest BCUT2D eigenvalue weighted by Crippen LogP contribution is -2.22. The Kier molecular flexibility index (Phi) is 4.04. The van der Waals surface area contributed by atoms with Gasteiger partial charge in [0.15, 0.2) is 0 Å². The Labute approximate surface area is 108 Å². The fourth-order valence-corrected chi connectivity index (χ4v) is 1.47. The fourth-order valence-electron chi connectivity index (χ4n) is 1.47. The first kappa shape index (κ1) is 13.0. The maximum absolute atomic E-state index is 11.7. The third-order valence-corrected chi connectivity index (χ3v) is 2.41. The first-order valence-electron chi connectivity index (χ1n) is 5.57. The molecule has 2 aromatic rings. The van der Waals surface area contributed by atoms with Gasteiger partial charge in [-0.25, -0.2) is 4.98 Å². The molecule has 0 aromatic carbocycles. The molecule has 0 bridgehead atoms. The number of hydrogen-bond acceptors (Lipinski definition) is 5. The van der Waals surface area contributed by atoms with Crippen LogP contribution in [0, 0.1) is 0 Å². The molecule has 0 aliphatic heterocycles. The lowest BCUT2D eigenvalue weighted by molar-refractivity contribution is 0.101. The summed E-state index contributed by atoms with van der Waals surface area (Å²) in [4.78, 5) is 27.0. The quantitative estimate of drug-likeness (QED) is 0.782. The van der Waals surface area contributed by atoms with E-state index in [9.17, 15) is 9.59 Å². The normalized spacial score (nSPS) is 10.4. The van der Waals surface area contributed by atoms with Crippen molar-refractivity contribution in [2.75, 3.05) is 19.0 Å². The largest absolute Gasteiger partial charge is 0.383 e. The molecule has 0 radical (unpaired) electrons. The van der Waals surface area contributed by atoms with Crippen LogP contribution in [0.1, 0.15) is 10.6 Å². The number of amides is 1. The van der Waals surface area contributed by atoms with E-state index in [-0.39, 0.29) is 11.4 Å². The number of pyridine rings is 1.